The third kappa shape index (κ3) is 2.02. The zero-order valence-corrected chi connectivity index (χ0v) is 15.0. The Labute approximate surface area is 155 Å². The van der Waals surface area contributed by atoms with E-state index in [4.69, 9.17) is 0 Å². The van der Waals surface area contributed by atoms with Gasteiger partial charge in [-0.1, -0.05) is 103 Å². The Morgan fingerprint density at radius 3 is 2.12 bits per heavy atom. The Morgan fingerprint density at radius 1 is 0.808 bits per heavy atom. The van der Waals surface area contributed by atoms with E-state index < -0.39 is 0 Å². The maximum Gasteiger partial charge on any atom is 0.0673 e. The predicted molar refractivity (Wildman–Crippen MR) is 109 cm³/mol. The van der Waals surface area contributed by atoms with Gasteiger partial charge in [-0.15, -0.1) is 0 Å². The summed E-state index contributed by atoms with van der Waals surface area (Å²) in [6.45, 7) is 2.20. The first kappa shape index (κ1) is 15.4. The Balaban J connectivity index is 1.93. The SMILES string of the molecule is Cc1ccc2c(c1)C1CC=CC=C1C2(c1ccccc1)c1ccccc1. The maximum absolute atomic E-state index is 2.40. The summed E-state index contributed by atoms with van der Waals surface area (Å²) in [5.41, 5.74) is 8.32. The van der Waals surface area contributed by atoms with Crippen molar-refractivity contribution in [1.29, 1.82) is 0 Å². The molecule has 2 aliphatic carbocycles. The molecule has 1 atom stereocenters. The number of hydrogen-bond acceptors (Lipinski definition) is 0. The van der Waals surface area contributed by atoms with Crippen molar-refractivity contribution in [3.05, 3.63) is 130 Å². The van der Waals surface area contributed by atoms with Crippen LogP contribution in [0.2, 0.25) is 0 Å². The van der Waals surface area contributed by atoms with Crippen molar-refractivity contribution in [2.75, 3.05) is 0 Å². The van der Waals surface area contributed by atoms with Gasteiger partial charge in [-0.25, -0.2) is 0 Å². The van der Waals surface area contributed by atoms with Crippen LogP contribution in [0.1, 0.15) is 40.2 Å². The van der Waals surface area contributed by atoms with Crippen molar-refractivity contribution in [2.24, 2.45) is 0 Å². The molecule has 0 aliphatic heterocycles. The molecule has 0 nitrogen and oxygen atoms in total. The van der Waals surface area contributed by atoms with Crippen LogP contribution in [0.4, 0.5) is 0 Å². The molecule has 0 saturated heterocycles. The summed E-state index contributed by atoms with van der Waals surface area (Å²) in [5, 5.41) is 0. The number of benzene rings is 3. The summed E-state index contributed by atoms with van der Waals surface area (Å²) in [7, 11) is 0. The van der Waals surface area contributed by atoms with E-state index in [2.05, 4.69) is 104 Å². The van der Waals surface area contributed by atoms with Gasteiger partial charge in [0, 0.05) is 5.92 Å². The smallest absolute Gasteiger partial charge is 0.0673 e. The second kappa shape index (κ2) is 5.85. The van der Waals surface area contributed by atoms with E-state index in [0.29, 0.717) is 5.92 Å². The molecule has 0 bridgehead atoms. The average Bonchev–Trinajstić information content (AvgIpc) is 3.00. The fourth-order valence-electron chi connectivity index (χ4n) is 4.97. The molecule has 0 amide bonds. The van der Waals surface area contributed by atoms with Gasteiger partial charge < -0.3 is 0 Å². The molecule has 3 aromatic carbocycles. The van der Waals surface area contributed by atoms with E-state index in [1.54, 1.807) is 0 Å². The van der Waals surface area contributed by atoms with Gasteiger partial charge in [-0.2, -0.15) is 0 Å². The number of allylic oxidation sites excluding steroid dienone is 4. The lowest BCUT2D eigenvalue weighted by Crippen LogP contribution is -2.29. The van der Waals surface area contributed by atoms with Crippen LogP contribution in [0.3, 0.4) is 0 Å². The Morgan fingerprint density at radius 2 is 1.46 bits per heavy atom. The minimum atomic E-state index is -0.193. The molecule has 126 valence electrons. The third-order valence-corrected chi connectivity index (χ3v) is 5.99. The highest BCUT2D eigenvalue weighted by atomic mass is 14.5. The minimum absolute atomic E-state index is 0.193. The summed E-state index contributed by atoms with van der Waals surface area (Å²) in [6.07, 6.45) is 8.00. The van der Waals surface area contributed by atoms with Crippen LogP contribution in [0.25, 0.3) is 0 Å². The first-order valence-electron chi connectivity index (χ1n) is 9.41. The molecule has 0 aromatic heterocycles. The number of rotatable bonds is 2. The lowest BCUT2D eigenvalue weighted by molar-refractivity contribution is 0.693. The third-order valence-electron chi connectivity index (χ3n) is 5.99. The summed E-state index contributed by atoms with van der Waals surface area (Å²) in [4.78, 5) is 0. The second-order valence-electron chi connectivity index (χ2n) is 7.41. The average molecular weight is 334 g/mol. The van der Waals surface area contributed by atoms with Gasteiger partial charge in [-0.3, -0.25) is 0 Å². The number of hydrogen-bond donors (Lipinski definition) is 0. The van der Waals surface area contributed by atoms with Crippen LogP contribution in [-0.2, 0) is 5.41 Å². The van der Waals surface area contributed by atoms with Gasteiger partial charge in [0.15, 0.2) is 0 Å². The van der Waals surface area contributed by atoms with Gasteiger partial charge in [0.05, 0.1) is 5.41 Å². The molecule has 1 unspecified atom stereocenters. The van der Waals surface area contributed by atoms with Crippen molar-refractivity contribution in [1.82, 2.24) is 0 Å². The molecular formula is C26H22. The van der Waals surface area contributed by atoms with Crippen molar-refractivity contribution in [2.45, 2.75) is 24.7 Å². The fourth-order valence-corrected chi connectivity index (χ4v) is 4.97. The Bertz CT molecular complexity index is 967. The monoisotopic (exact) mass is 334 g/mol. The summed E-state index contributed by atoms with van der Waals surface area (Å²) < 4.78 is 0. The van der Waals surface area contributed by atoms with Crippen LogP contribution in [0.5, 0.6) is 0 Å². The van der Waals surface area contributed by atoms with E-state index in [-0.39, 0.29) is 5.41 Å². The van der Waals surface area contributed by atoms with Gasteiger partial charge in [0.25, 0.3) is 0 Å². The highest BCUT2D eigenvalue weighted by Crippen LogP contribution is 2.59. The largest absolute Gasteiger partial charge is 0.0836 e. The van der Waals surface area contributed by atoms with Crippen LogP contribution in [0, 0.1) is 6.92 Å². The van der Waals surface area contributed by atoms with Gasteiger partial charge in [0.1, 0.15) is 0 Å². The summed E-state index contributed by atoms with van der Waals surface area (Å²) in [6, 6.07) is 29.1. The maximum atomic E-state index is 2.40. The van der Waals surface area contributed by atoms with Gasteiger partial charge in [-0.05, 0) is 41.2 Å². The molecule has 0 heterocycles. The molecule has 5 rings (SSSR count). The molecule has 26 heavy (non-hydrogen) atoms. The minimum Gasteiger partial charge on any atom is -0.0836 e. The Kier molecular flexibility index (Phi) is 3.46. The zero-order valence-electron chi connectivity index (χ0n) is 15.0. The molecule has 0 fully saturated rings. The molecule has 0 heteroatoms. The number of fused-ring (bicyclic) bond motifs is 3. The quantitative estimate of drug-likeness (QED) is 0.515. The molecule has 0 N–H and O–H groups in total. The van der Waals surface area contributed by atoms with E-state index in [1.165, 1.54) is 33.4 Å². The lowest BCUT2D eigenvalue weighted by Gasteiger charge is -2.35. The van der Waals surface area contributed by atoms with Crippen molar-refractivity contribution in [3.63, 3.8) is 0 Å². The van der Waals surface area contributed by atoms with Crippen LogP contribution >= 0.6 is 0 Å². The van der Waals surface area contributed by atoms with Gasteiger partial charge >= 0.3 is 0 Å². The van der Waals surface area contributed by atoms with E-state index >= 15 is 0 Å². The van der Waals surface area contributed by atoms with E-state index in [0.717, 1.165) is 6.42 Å². The zero-order chi connectivity index (χ0) is 17.6. The summed E-state index contributed by atoms with van der Waals surface area (Å²) in [5.74, 6) is 0.468. The molecule has 0 radical (unpaired) electrons. The lowest BCUT2D eigenvalue weighted by atomic mass is 9.66. The normalized spacial score (nSPS) is 19.6. The summed E-state index contributed by atoms with van der Waals surface area (Å²) >= 11 is 0. The second-order valence-corrected chi connectivity index (χ2v) is 7.41. The molecule has 3 aromatic rings. The molecule has 0 saturated carbocycles. The fraction of sp³-hybridized carbons (Fsp3) is 0.154. The molecular weight excluding hydrogens is 312 g/mol. The van der Waals surface area contributed by atoms with E-state index in [1.807, 2.05) is 0 Å². The topological polar surface area (TPSA) is 0 Å². The first-order chi connectivity index (χ1) is 12.8. The van der Waals surface area contributed by atoms with Gasteiger partial charge in [0.2, 0.25) is 0 Å². The van der Waals surface area contributed by atoms with Crippen LogP contribution in [0.15, 0.2) is 103 Å². The highest BCUT2D eigenvalue weighted by Gasteiger charge is 2.50. The first-order valence-corrected chi connectivity index (χ1v) is 9.41. The van der Waals surface area contributed by atoms with Crippen molar-refractivity contribution < 1.29 is 0 Å². The number of aryl methyl sites for hydroxylation is 1. The highest BCUT2D eigenvalue weighted by molar-refractivity contribution is 5.69. The van der Waals surface area contributed by atoms with Crippen LogP contribution in [-0.4, -0.2) is 0 Å². The predicted octanol–water partition coefficient (Wildman–Crippen LogP) is 6.31. The van der Waals surface area contributed by atoms with Crippen molar-refractivity contribution >= 4 is 0 Å². The van der Waals surface area contributed by atoms with Crippen molar-refractivity contribution in [3.8, 4) is 0 Å². The van der Waals surface area contributed by atoms with E-state index in [9.17, 15) is 0 Å². The Hall–Kier alpha value is -2.86. The van der Waals surface area contributed by atoms with Crippen LogP contribution < -0.4 is 0 Å². The standard InChI is InChI=1S/C26H22/c1-19-16-17-25-23(18-19)22-14-8-9-15-24(22)26(25,20-10-4-2-5-11-20)21-12-6-3-7-13-21/h2-13,15-18,22H,14H2,1H3. The molecule has 2 aliphatic rings. The molecule has 0 spiro atoms.